The van der Waals surface area contributed by atoms with Crippen molar-refractivity contribution < 1.29 is 17.9 Å². The van der Waals surface area contributed by atoms with Crippen molar-refractivity contribution in [3.8, 4) is 11.8 Å². The maximum atomic E-state index is 12.0. The SMILES string of the molecule is N#Cc1cc(OCC(F)(F)F)cc(C2CC2)c1. The molecular weight excluding hydrogens is 231 g/mol. The minimum absolute atomic E-state index is 0.114. The van der Waals surface area contributed by atoms with E-state index in [0.717, 1.165) is 18.4 Å². The largest absolute Gasteiger partial charge is 0.484 e. The first kappa shape index (κ1) is 11.8. The number of halogens is 3. The van der Waals surface area contributed by atoms with Crippen LogP contribution in [0.2, 0.25) is 0 Å². The first-order valence-electron chi connectivity index (χ1n) is 5.22. The van der Waals surface area contributed by atoms with Gasteiger partial charge in [-0.25, -0.2) is 0 Å². The Bertz CT molecular complexity index is 458. The Balaban J connectivity index is 2.16. The summed E-state index contributed by atoms with van der Waals surface area (Å²) in [5.74, 6) is 0.486. The van der Waals surface area contributed by atoms with Gasteiger partial charge in [-0.1, -0.05) is 0 Å². The van der Waals surface area contributed by atoms with Crippen molar-refractivity contribution >= 4 is 0 Å². The van der Waals surface area contributed by atoms with Gasteiger partial charge in [0.25, 0.3) is 0 Å². The Morgan fingerprint density at radius 1 is 1.29 bits per heavy atom. The van der Waals surface area contributed by atoms with Gasteiger partial charge in [-0.2, -0.15) is 18.4 Å². The van der Waals surface area contributed by atoms with Crippen molar-refractivity contribution in [1.82, 2.24) is 0 Å². The zero-order valence-electron chi connectivity index (χ0n) is 8.92. The van der Waals surface area contributed by atoms with Crippen LogP contribution in [0.4, 0.5) is 13.2 Å². The number of alkyl halides is 3. The maximum Gasteiger partial charge on any atom is 0.422 e. The van der Waals surface area contributed by atoms with E-state index in [1.54, 1.807) is 12.1 Å². The molecule has 5 heteroatoms. The standard InChI is InChI=1S/C12H10F3NO/c13-12(14,15)7-17-11-4-8(6-16)3-10(5-11)9-1-2-9/h3-5,9H,1-2,7H2. The number of ether oxygens (including phenoxy) is 1. The molecule has 0 heterocycles. The van der Waals surface area contributed by atoms with Crippen molar-refractivity contribution in [3.05, 3.63) is 29.3 Å². The number of rotatable bonds is 3. The van der Waals surface area contributed by atoms with Crippen LogP contribution in [0.3, 0.4) is 0 Å². The van der Waals surface area contributed by atoms with Gasteiger partial charge in [0.05, 0.1) is 11.6 Å². The van der Waals surface area contributed by atoms with Gasteiger partial charge in [0.2, 0.25) is 0 Å². The van der Waals surface area contributed by atoms with Crippen LogP contribution in [0, 0.1) is 11.3 Å². The fraction of sp³-hybridized carbons (Fsp3) is 0.417. The van der Waals surface area contributed by atoms with Gasteiger partial charge in [0.1, 0.15) is 5.75 Å². The number of nitrogens with zero attached hydrogens (tertiary/aromatic N) is 1. The van der Waals surface area contributed by atoms with Crippen LogP contribution in [0.25, 0.3) is 0 Å². The molecule has 17 heavy (non-hydrogen) atoms. The fourth-order valence-corrected chi connectivity index (χ4v) is 1.59. The summed E-state index contributed by atoms with van der Waals surface area (Å²) in [6, 6.07) is 6.55. The Morgan fingerprint density at radius 2 is 2.00 bits per heavy atom. The van der Waals surface area contributed by atoms with Gasteiger partial charge in [0, 0.05) is 0 Å². The highest BCUT2D eigenvalue weighted by Gasteiger charge is 2.29. The lowest BCUT2D eigenvalue weighted by Gasteiger charge is -2.10. The smallest absolute Gasteiger partial charge is 0.422 e. The van der Waals surface area contributed by atoms with Crippen LogP contribution in [-0.2, 0) is 0 Å². The number of hydrogen-bond acceptors (Lipinski definition) is 2. The molecule has 0 N–H and O–H groups in total. The summed E-state index contributed by atoms with van der Waals surface area (Å²) >= 11 is 0. The van der Waals surface area contributed by atoms with Crippen LogP contribution in [0.1, 0.15) is 29.9 Å². The van der Waals surface area contributed by atoms with E-state index in [4.69, 9.17) is 5.26 Å². The molecule has 1 aliphatic carbocycles. The van der Waals surface area contributed by atoms with Crippen molar-refractivity contribution in [2.24, 2.45) is 0 Å². The second-order valence-electron chi connectivity index (χ2n) is 4.08. The molecule has 0 spiro atoms. The lowest BCUT2D eigenvalue weighted by molar-refractivity contribution is -0.153. The number of benzene rings is 1. The van der Waals surface area contributed by atoms with E-state index >= 15 is 0 Å². The zero-order valence-corrected chi connectivity index (χ0v) is 8.92. The Labute approximate surface area is 96.6 Å². The minimum Gasteiger partial charge on any atom is -0.484 e. The van der Waals surface area contributed by atoms with Crippen LogP contribution >= 0.6 is 0 Å². The zero-order chi connectivity index (χ0) is 12.5. The summed E-state index contributed by atoms with van der Waals surface area (Å²) in [6.07, 6.45) is -2.32. The predicted octanol–water partition coefficient (Wildman–Crippen LogP) is 3.38. The molecule has 0 aliphatic heterocycles. The minimum atomic E-state index is -4.36. The molecule has 0 aromatic heterocycles. The molecule has 90 valence electrons. The van der Waals surface area contributed by atoms with Crippen LogP contribution in [-0.4, -0.2) is 12.8 Å². The second-order valence-corrected chi connectivity index (χ2v) is 4.08. The molecule has 2 nitrogen and oxygen atoms in total. The second kappa shape index (κ2) is 4.28. The first-order chi connectivity index (χ1) is 7.98. The molecule has 1 saturated carbocycles. The molecule has 0 unspecified atom stereocenters. The Hall–Kier alpha value is -1.70. The normalized spacial score (nSPS) is 15.4. The van der Waals surface area contributed by atoms with Gasteiger partial charge >= 0.3 is 6.18 Å². The summed E-state index contributed by atoms with van der Waals surface area (Å²) in [5, 5.41) is 8.79. The quantitative estimate of drug-likeness (QED) is 0.812. The van der Waals surface area contributed by atoms with Gasteiger partial charge in [0.15, 0.2) is 6.61 Å². The average Bonchev–Trinajstić information content (AvgIpc) is 3.08. The van der Waals surface area contributed by atoms with Gasteiger partial charge in [-0.05, 0) is 42.5 Å². The van der Waals surface area contributed by atoms with Crippen molar-refractivity contribution in [2.45, 2.75) is 24.9 Å². The van der Waals surface area contributed by atoms with Crippen LogP contribution < -0.4 is 4.74 Å². The molecule has 0 saturated heterocycles. The third-order valence-electron chi connectivity index (χ3n) is 2.51. The molecule has 0 bridgehead atoms. The van der Waals surface area contributed by atoms with E-state index in [9.17, 15) is 13.2 Å². The highest BCUT2D eigenvalue weighted by Crippen LogP contribution is 2.41. The van der Waals surface area contributed by atoms with E-state index in [-0.39, 0.29) is 5.75 Å². The van der Waals surface area contributed by atoms with Crippen molar-refractivity contribution in [3.63, 3.8) is 0 Å². The lowest BCUT2D eigenvalue weighted by atomic mass is 10.1. The van der Waals surface area contributed by atoms with E-state index in [0.29, 0.717) is 11.5 Å². The average molecular weight is 241 g/mol. The predicted molar refractivity (Wildman–Crippen MR) is 54.7 cm³/mol. The summed E-state index contributed by atoms with van der Waals surface area (Å²) < 4.78 is 40.7. The molecule has 1 aromatic carbocycles. The highest BCUT2D eigenvalue weighted by molar-refractivity contribution is 5.43. The fourth-order valence-electron chi connectivity index (χ4n) is 1.59. The number of hydrogen-bond donors (Lipinski definition) is 0. The molecule has 1 aliphatic rings. The molecule has 0 amide bonds. The Kier molecular flexibility index (Phi) is 2.97. The summed E-state index contributed by atoms with van der Waals surface area (Å²) in [7, 11) is 0. The molecule has 0 radical (unpaired) electrons. The van der Waals surface area contributed by atoms with Gasteiger partial charge in [-0.3, -0.25) is 0 Å². The molecule has 1 aromatic rings. The summed E-state index contributed by atoms with van der Waals surface area (Å²) in [6.45, 7) is -1.33. The third kappa shape index (κ3) is 3.38. The molecular formula is C12H10F3NO. The van der Waals surface area contributed by atoms with Crippen LogP contribution in [0.5, 0.6) is 5.75 Å². The molecule has 1 fully saturated rings. The first-order valence-corrected chi connectivity index (χ1v) is 5.22. The van der Waals surface area contributed by atoms with E-state index in [1.165, 1.54) is 6.07 Å². The number of nitriles is 1. The highest BCUT2D eigenvalue weighted by atomic mass is 19.4. The molecule has 0 atom stereocenters. The lowest BCUT2D eigenvalue weighted by Crippen LogP contribution is -2.19. The van der Waals surface area contributed by atoms with E-state index < -0.39 is 12.8 Å². The monoisotopic (exact) mass is 241 g/mol. The third-order valence-corrected chi connectivity index (χ3v) is 2.51. The van der Waals surface area contributed by atoms with Gasteiger partial charge < -0.3 is 4.74 Å². The van der Waals surface area contributed by atoms with Crippen molar-refractivity contribution in [2.75, 3.05) is 6.61 Å². The summed E-state index contributed by atoms with van der Waals surface area (Å²) in [5.41, 5.74) is 1.23. The van der Waals surface area contributed by atoms with Gasteiger partial charge in [-0.15, -0.1) is 0 Å². The van der Waals surface area contributed by atoms with Crippen LogP contribution in [0.15, 0.2) is 18.2 Å². The van der Waals surface area contributed by atoms with E-state index in [2.05, 4.69) is 4.74 Å². The topological polar surface area (TPSA) is 33.0 Å². The summed E-state index contributed by atoms with van der Waals surface area (Å²) in [4.78, 5) is 0. The maximum absolute atomic E-state index is 12.0. The Morgan fingerprint density at radius 3 is 2.53 bits per heavy atom. The van der Waals surface area contributed by atoms with E-state index in [1.807, 2.05) is 6.07 Å². The molecule has 2 rings (SSSR count). The van der Waals surface area contributed by atoms with Crippen molar-refractivity contribution in [1.29, 1.82) is 5.26 Å².